The summed E-state index contributed by atoms with van der Waals surface area (Å²) in [5.41, 5.74) is 1.80. The minimum atomic E-state index is -3.79. The van der Waals surface area contributed by atoms with Gasteiger partial charge in [-0.15, -0.1) is 0 Å². The van der Waals surface area contributed by atoms with E-state index in [2.05, 4.69) is 10.5 Å². The second-order valence-corrected chi connectivity index (χ2v) is 9.96. The van der Waals surface area contributed by atoms with Gasteiger partial charge < -0.3 is 10.1 Å². The smallest absolute Gasteiger partial charge is 0.442 e. The second kappa shape index (κ2) is 9.82. The number of ether oxygens (including phenoxy) is 1. The number of hydrogen-bond acceptors (Lipinski definition) is 7. The molecule has 0 spiro atoms. The number of nitrogens with zero attached hydrogens (tertiary/aromatic N) is 3. The van der Waals surface area contributed by atoms with Crippen molar-refractivity contribution in [1.82, 2.24) is 14.0 Å². The van der Waals surface area contributed by atoms with Crippen molar-refractivity contribution >= 4 is 21.6 Å². The standard InChI is InChI=1S/C23H26N4O6S/c1-16-8-4-5-9-18(16)22-25-33-23(29)27(22)15-21(28)24-17-10-11-19(32-2)20(14-17)34(30,31)26-12-6-3-7-13-26/h4-5,8-11,14H,3,6-7,12-13,15H2,1-2H3,(H,24,28). The zero-order chi connectivity index (χ0) is 24.3. The Morgan fingerprint density at radius 1 is 1.15 bits per heavy atom. The highest BCUT2D eigenvalue weighted by Gasteiger charge is 2.29. The van der Waals surface area contributed by atoms with Crippen LogP contribution in [-0.4, -0.2) is 48.6 Å². The lowest BCUT2D eigenvalue weighted by Crippen LogP contribution is -2.35. The number of benzene rings is 2. The third kappa shape index (κ3) is 4.75. The molecular weight excluding hydrogens is 460 g/mol. The molecule has 180 valence electrons. The topological polar surface area (TPSA) is 124 Å². The Kier molecular flexibility index (Phi) is 6.85. The Bertz CT molecular complexity index is 1360. The van der Waals surface area contributed by atoms with E-state index in [4.69, 9.17) is 9.26 Å². The highest BCUT2D eigenvalue weighted by Crippen LogP contribution is 2.31. The summed E-state index contributed by atoms with van der Waals surface area (Å²) < 4.78 is 39.0. The van der Waals surface area contributed by atoms with Crippen LogP contribution in [0.15, 0.2) is 56.7 Å². The number of anilines is 1. The fraction of sp³-hybridized carbons (Fsp3) is 0.348. The zero-order valence-electron chi connectivity index (χ0n) is 19.0. The van der Waals surface area contributed by atoms with Gasteiger partial charge in [-0.05, 0) is 43.5 Å². The molecular formula is C23H26N4O6S. The van der Waals surface area contributed by atoms with E-state index < -0.39 is 21.7 Å². The van der Waals surface area contributed by atoms with E-state index in [1.54, 1.807) is 18.2 Å². The normalized spacial score (nSPS) is 14.6. The summed E-state index contributed by atoms with van der Waals surface area (Å²) in [6.07, 6.45) is 2.59. The Morgan fingerprint density at radius 3 is 2.59 bits per heavy atom. The van der Waals surface area contributed by atoms with Crippen molar-refractivity contribution < 1.29 is 22.5 Å². The summed E-state index contributed by atoms with van der Waals surface area (Å²) in [7, 11) is -2.39. The van der Waals surface area contributed by atoms with Crippen molar-refractivity contribution in [2.24, 2.45) is 0 Å². The fourth-order valence-corrected chi connectivity index (χ4v) is 5.67. The Balaban J connectivity index is 1.58. The summed E-state index contributed by atoms with van der Waals surface area (Å²) in [5.74, 6) is -0.870. The van der Waals surface area contributed by atoms with Crippen LogP contribution in [0.1, 0.15) is 24.8 Å². The van der Waals surface area contributed by atoms with Gasteiger partial charge in [-0.1, -0.05) is 35.8 Å². The molecule has 0 radical (unpaired) electrons. The first-order valence-corrected chi connectivity index (χ1v) is 12.4. The predicted octanol–water partition coefficient (Wildman–Crippen LogP) is 2.63. The number of nitrogens with one attached hydrogen (secondary N) is 1. The van der Waals surface area contributed by atoms with Crippen LogP contribution in [0.3, 0.4) is 0 Å². The van der Waals surface area contributed by atoms with Gasteiger partial charge in [0.05, 0.1) is 7.11 Å². The molecule has 3 aromatic rings. The van der Waals surface area contributed by atoms with Gasteiger partial charge in [0.1, 0.15) is 17.2 Å². The first kappa shape index (κ1) is 23.7. The quantitative estimate of drug-likeness (QED) is 0.544. The predicted molar refractivity (Wildman–Crippen MR) is 125 cm³/mol. The van der Waals surface area contributed by atoms with E-state index in [1.807, 2.05) is 19.1 Å². The largest absolute Gasteiger partial charge is 0.495 e. The molecule has 4 rings (SSSR count). The number of piperidine rings is 1. The highest BCUT2D eigenvalue weighted by molar-refractivity contribution is 7.89. The van der Waals surface area contributed by atoms with Gasteiger partial charge in [-0.3, -0.25) is 9.32 Å². The van der Waals surface area contributed by atoms with Crippen molar-refractivity contribution in [2.45, 2.75) is 37.6 Å². The monoisotopic (exact) mass is 486 g/mol. The second-order valence-electron chi connectivity index (χ2n) is 8.05. The molecule has 1 fully saturated rings. The van der Waals surface area contributed by atoms with Gasteiger partial charge in [0.2, 0.25) is 15.9 Å². The maximum Gasteiger partial charge on any atom is 0.442 e. The maximum atomic E-state index is 13.2. The Hall–Kier alpha value is -3.44. The lowest BCUT2D eigenvalue weighted by molar-refractivity contribution is -0.116. The molecule has 0 aliphatic carbocycles. The van der Waals surface area contributed by atoms with Crippen LogP contribution in [-0.2, 0) is 21.4 Å². The molecule has 2 aromatic carbocycles. The van der Waals surface area contributed by atoms with E-state index in [1.165, 1.54) is 23.5 Å². The first-order chi connectivity index (χ1) is 16.3. The van der Waals surface area contributed by atoms with Gasteiger partial charge in [-0.25, -0.2) is 17.8 Å². The van der Waals surface area contributed by atoms with E-state index in [0.717, 1.165) is 29.4 Å². The van der Waals surface area contributed by atoms with Crippen LogP contribution in [0, 0.1) is 6.92 Å². The summed E-state index contributed by atoms with van der Waals surface area (Å²) in [5, 5.41) is 6.48. The number of rotatable bonds is 7. The van der Waals surface area contributed by atoms with Crippen LogP contribution in [0.4, 0.5) is 5.69 Å². The number of aryl methyl sites for hydroxylation is 1. The van der Waals surface area contributed by atoms with Crippen LogP contribution < -0.4 is 15.8 Å². The van der Waals surface area contributed by atoms with Gasteiger partial charge in [0.15, 0.2) is 5.82 Å². The Labute approximate surface area is 197 Å². The number of sulfonamides is 1. The number of methoxy groups -OCH3 is 1. The van der Waals surface area contributed by atoms with Crippen molar-refractivity contribution in [3.8, 4) is 17.1 Å². The summed E-state index contributed by atoms with van der Waals surface area (Å²) in [6, 6.07) is 11.7. The molecule has 0 atom stereocenters. The van der Waals surface area contributed by atoms with E-state index in [9.17, 15) is 18.0 Å². The molecule has 10 nitrogen and oxygen atoms in total. The van der Waals surface area contributed by atoms with Gasteiger partial charge >= 0.3 is 5.76 Å². The van der Waals surface area contributed by atoms with Crippen LogP contribution >= 0.6 is 0 Å². The number of carbonyl (C=O) groups is 1. The van der Waals surface area contributed by atoms with E-state index >= 15 is 0 Å². The molecule has 0 saturated carbocycles. The average Bonchev–Trinajstić information content (AvgIpc) is 3.19. The van der Waals surface area contributed by atoms with Crippen molar-refractivity contribution in [3.05, 3.63) is 58.6 Å². The van der Waals surface area contributed by atoms with Crippen molar-refractivity contribution in [2.75, 3.05) is 25.5 Å². The van der Waals surface area contributed by atoms with Gasteiger partial charge in [0.25, 0.3) is 0 Å². The Morgan fingerprint density at radius 2 is 1.88 bits per heavy atom. The molecule has 0 bridgehead atoms. The van der Waals surface area contributed by atoms with Crippen LogP contribution in [0.5, 0.6) is 5.75 Å². The maximum absolute atomic E-state index is 13.2. The minimum absolute atomic E-state index is 0.0163. The van der Waals surface area contributed by atoms with E-state index in [0.29, 0.717) is 18.7 Å². The molecule has 0 unspecified atom stereocenters. The summed E-state index contributed by atoms with van der Waals surface area (Å²) in [6.45, 7) is 2.40. The van der Waals surface area contributed by atoms with Gasteiger partial charge in [-0.2, -0.15) is 4.31 Å². The van der Waals surface area contributed by atoms with Crippen LogP contribution in [0.25, 0.3) is 11.4 Å². The lowest BCUT2D eigenvalue weighted by atomic mass is 10.1. The third-order valence-corrected chi connectivity index (χ3v) is 7.67. The fourth-order valence-electron chi connectivity index (χ4n) is 3.97. The summed E-state index contributed by atoms with van der Waals surface area (Å²) in [4.78, 5) is 25.0. The number of amides is 1. The van der Waals surface area contributed by atoms with Crippen molar-refractivity contribution in [3.63, 3.8) is 0 Å². The third-order valence-electron chi connectivity index (χ3n) is 5.75. The molecule has 1 amide bonds. The number of carbonyl (C=O) groups excluding carboxylic acids is 1. The first-order valence-electron chi connectivity index (χ1n) is 10.9. The van der Waals surface area contributed by atoms with Gasteiger partial charge in [0, 0.05) is 24.3 Å². The molecule has 1 aliphatic heterocycles. The number of aromatic nitrogens is 2. The average molecular weight is 487 g/mol. The molecule has 1 aliphatic rings. The van der Waals surface area contributed by atoms with Crippen molar-refractivity contribution in [1.29, 1.82) is 0 Å². The van der Waals surface area contributed by atoms with Crippen LogP contribution in [0.2, 0.25) is 0 Å². The zero-order valence-corrected chi connectivity index (χ0v) is 19.8. The minimum Gasteiger partial charge on any atom is -0.495 e. The van der Waals surface area contributed by atoms with E-state index in [-0.39, 0.29) is 28.7 Å². The molecule has 1 N–H and O–H groups in total. The molecule has 1 saturated heterocycles. The SMILES string of the molecule is COc1ccc(NC(=O)Cn2c(-c3ccccc3C)noc2=O)cc1S(=O)(=O)N1CCCCC1. The molecule has 2 heterocycles. The number of hydrogen-bond donors (Lipinski definition) is 1. The summed E-state index contributed by atoms with van der Waals surface area (Å²) >= 11 is 0. The highest BCUT2D eigenvalue weighted by atomic mass is 32.2. The lowest BCUT2D eigenvalue weighted by Gasteiger charge is -2.26. The molecule has 34 heavy (non-hydrogen) atoms. The molecule has 11 heteroatoms. The molecule has 1 aromatic heterocycles.